The molecule has 0 aliphatic carbocycles. The Bertz CT molecular complexity index is 429. The molecule has 0 aliphatic rings. The van der Waals surface area contributed by atoms with Crippen molar-refractivity contribution >= 4 is 29.3 Å². The number of hydrogen-bond donors (Lipinski definition) is 2. The quantitative estimate of drug-likeness (QED) is 0.636. The maximum Gasteiger partial charge on any atom is 0.271 e. The zero-order valence-corrected chi connectivity index (χ0v) is 12.0. The van der Waals surface area contributed by atoms with Crippen LogP contribution < -0.4 is 5.32 Å². The molecule has 0 radical (unpaired) electrons. The molecule has 1 unspecified atom stereocenters. The average molecular weight is 290 g/mol. The Labute approximate surface area is 115 Å². The number of carbonyl (C=O) groups is 1. The van der Waals surface area contributed by atoms with Gasteiger partial charge >= 0.3 is 0 Å². The number of amides is 1. The zero-order chi connectivity index (χ0) is 13.7. The molecule has 18 heavy (non-hydrogen) atoms. The number of rotatable bonds is 5. The maximum atomic E-state index is 12.0. The summed E-state index contributed by atoms with van der Waals surface area (Å²) in [5.41, 5.74) is 0.134. The lowest BCUT2D eigenvalue weighted by Crippen LogP contribution is -2.41. The highest BCUT2D eigenvalue weighted by Crippen LogP contribution is 2.16. The number of halogens is 1. The van der Waals surface area contributed by atoms with Crippen LogP contribution in [-0.2, 0) is 0 Å². The Balaban J connectivity index is 2.89. The molecule has 0 aromatic carbocycles. The summed E-state index contributed by atoms with van der Waals surface area (Å²) >= 11 is 7.23. The van der Waals surface area contributed by atoms with Crippen LogP contribution in [0.2, 0.25) is 5.02 Å². The molecule has 1 aromatic heterocycles. The highest BCUT2D eigenvalue weighted by molar-refractivity contribution is 7.98. The first-order valence-corrected chi connectivity index (χ1v) is 7.08. The SMILES string of the molecule is CSc1ncc(Cl)c(C(=O)NC(CO)C(C)C)n1. The molecule has 7 heteroatoms. The van der Waals surface area contributed by atoms with E-state index in [0.29, 0.717) is 5.16 Å². The molecular formula is C11H16ClN3O2S. The summed E-state index contributed by atoms with van der Waals surface area (Å²) in [6.45, 7) is 3.70. The van der Waals surface area contributed by atoms with Crippen molar-refractivity contribution in [2.24, 2.45) is 5.92 Å². The van der Waals surface area contributed by atoms with Gasteiger partial charge in [0.1, 0.15) is 0 Å². The van der Waals surface area contributed by atoms with Gasteiger partial charge in [0.2, 0.25) is 0 Å². The number of nitrogens with zero attached hydrogens (tertiary/aromatic N) is 2. The number of aliphatic hydroxyl groups excluding tert-OH is 1. The lowest BCUT2D eigenvalue weighted by atomic mass is 10.1. The van der Waals surface area contributed by atoms with Crippen molar-refractivity contribution in [3.8, 4) is 0 Å². The van der Waals surface area contributed by atoms with Gasteiger partial charge in [-0.1, -0.05) is 37.2 Å². The summed E-state index contributed by atoms with van der Waals surface area (Å²) in [5.74, 6) is -0.273. The molecule has 5 nitrogen and oxygen atoms in total. The van der Waals surface area contributed by atoms with E-state index in [1.807, 2.05) is 20.1 Å². The van der Waals surface area contributed by atoms with E-state index in [0.717, 1.165) is 0 Å². The van der Waals surface area contributed by atoms with Crippen molar-refractivity contribution in [3.63, 3.8) is 0 Å². The number of nitrogens with one attached hydrogen (secondary N) is 1. The molecule has 1 aromatic rings. The molecule has 1 rings (SSSR count). The minimum absolute atomic E-state index is 0.124. The largest absolute Gasteiger partial charge is 0.394 e. The summed E-state index contributed by atoms with van der Waals surface area (Å²) in [6, 6.07) is -0.318. The molecular weight excluding hydrogens is 274 g/mol. The van der Waals surface area contributed by atoms with E-state index in [1.165, 1.54) is 18.0 Å². The number of hydrogen-bond acceptors (Lipinski definition) is 5. The standard InChI is InChI=1S/C11H16ClN3O2S/c1-6(2)8(5-16)14-10(17)9-7(12)4-13-11(15-9)18-3/h4,6,8,16H,5H2,1-3H3,(H,14,17). The summed E-state index contributed by atoms with van der Waals surface area (Å²) in [6.07, 6.45) is 3.22. The molecule has 0 saturated carbocycles. The molecule has 2 N–H and O–H groups in total. The van der Waals surface area contributed by atoms with Crippen molar-refractivity contribution in [3.05, 3.63) is 16.9 Å². The third kappa shape index (κ3) is 3.83. The molecule has 1 atom stereocenters. The van der Waals surface area contributed by atoms with Crippen LogP contribution in [0.4, 0.5) is 0 Å². The molecule has 0 spiro atoms. The fraction of sp³-hybridized carbons (Fsp3) is 0.545. The van der Waals surface area contributed by atoms with Gasteiger partial charge in [-0.05, 0) is 12.2 Å². The molecule has 0 bridgehead atoms. The summed E-state index contributed by atoms with van der Waals surface area (Å²) in [5, 5.41) is 12.6. The number of carbonyl (C=O) groups excluding carboxylic acids is 1. The Morgan fingerprint density at radius 2 is 2.28 bits per heavy atom. The second kappa shape index (κ2) is 6.92. The lowest BCUT2D eigenvalue weighted by molar-refractivity contribution is 0.0891. The second-order valence-electron chi connectivity index (χ2n) is 4.06. The van der Waals surface area contributed by atoms with E-state index >= 15 is 0 Å². The third-order valence-corrected chi connectivity index (χ3v) is 3.28. The molecule has 0 saturated heterocycles. The minimum Gasteiger partial charge on any atom is -0.394 e. The Hall–Kier alpha value is -0.850. The Kier molecular flexibility index (Phi) is 5.84. The zero-order valence-electron chi connectivity index (χ0n) is 10.5. The fourth-order valence-electron chi connectivity index (χ4n) is 1.27. The Morgan fingerprint density at radius 1 is 1.61 bits per heavy atom. The van der Waals surface area contributed by atoms with E-state index in [9.17, 15) is 9.90 Å². The summed E-state index contributed by atoms with van der Waals surface area (Å²) in [7, 11) is 0. The van der Waals surface area contributed by atoms with Crippen LogP contribution in [0.15, 0.2) is 11.4 Å². The van der Waals surface area contributed by atoms with Gasteiger partial charge in [-0.2, -0.15) is 0 Å². The molecule has 1 amide bonds. The number of aromatic nitrogens is 2. The van der Waals surface area contributed by atoms with Crippen molar-refractivity contribution in [2.75, 3.05) is 12.9 Å². The number of aliphatic hydroxyl groups is 1. The molecule has 0 fully saturated rings. The molecule has 1 heterocycles. The maximum absolute atomic E-state index is 12.0. The minimum atomic E-state index is -0.398. The van der Waals surface area contributed by atoms with E-state index in [2.05, 4.69) is 15.3 Å². The third-order valence-electron chi connectivity index (χ3n) is 2.44. The summed E-state index contributed by atoms with van der Waals surface area (Å²) < 4.78 is 0. The number of thioether (sulfide) groups is 1. The molecule has 0 aliphatic heterocycles. The lowest BCUT2D eigenvalue weighted by Gasteiger charge is -2.19. The predicted molar refractivity (Wildman–Crippen MR) is 72.0 cm³/mol. The van der Waals surface area contributed by atoms with E-state index in [4.69, 9.17) is 11.6 Å². The fourth-order valence-corrected chi connectivity index (χ4v) is 1.79. The highest BCUT2D eigenvalue weighted by atomic mass is 35.5. The first-order chi connectivity index (χ1) is 8.49. The van der Waals surface area contributed by atoms with Crippen LogP contribution in [0.3, 0.4) is 0 Å². The van der Waals surface area contributed by atoms with Gasteiger partial charge in [0.25, 0.3) is 5.91 Å². The average Bonchev–Trinajstić information content (AvgIpc) is 2.35. The van der Waals surface area contributed by atoms with Gasteiger partial charge in [-0.15, -0.1) is 0 Å². The van der Waals surface area contributed by atoms with E-state index in [-0.39, 0.29) is 29.3 Å². The van der Waals surface area contributed by atoms with Crippen molar-refractivity contribution in [1.82, 2.24) is 15.3 Å². The van der Waals surface area contributed by atoms with Gasteiger partial charge in [-0.3, -0.25) is 4.79 Å². The Morgan fingerprint density at radius 3 is 2.78 bits per heavy atom. The van der Waals surface area contributed by atoms with Gasteiger partial charge in [-0.25, -0.2) is 9.97 Å². The van der Waals surface area contributed by atoms with Crippen molar-refractivity contribution in [2.45, 2.75) is 25.0 Å². The smallest absolute Gasteiger partial charge is 0.271 e. The van der Waals surface area contributed by atoms with Crippen LogP contribution in [0.1, 0.15) is 24.3 Å². The van der Waals surface area contributed by atoms with Crippen molar-refractivity contribution in [1.29, 1.82) is 0 Å². The van der Waals surface area contributed by atoms with Gasteiger partial charge in [0, 0.05) is 0 Å². The monoisotopic (exact) mass is 289 g/mol. The predicted octanol–water partition coefficient (Wildman–Crippen LogP) is 1.60. The first kappa shape index (κ1) is 15.2. The first-order valence-electron chi connectivity index (χ1n) is 5.47. The van der Waals surface area contributed by atoms with Crippen LogP contribution >= 0.6 is 23.4 Å². The van der Waals surface area contributed by atoms with Crippen LogP contribution in [-0.4, -0.2) is 39.9 Å². The second-order valence-corrected chi connectivity index (χ2v) is 5.24. The highest BCUT2D eigenvalue weighted by Gasteiger charge is 2.19. The molecule has 100 valence electrons. The van der Waals surface area contributed by atoms with Crippen LogP contribution in [0, 0.1) is 5.92 Å². The van der Waals surface area contributed by atoms with Gasteiger partial charge in [0.15, 0.2) is 10.9 Å². The summed E-state index contributed by atoms with van der Waals surface area (Å²) in [4.78, 5) is 20.0. The van der Waals surface area contributed by atoms with E-state index < -0.39 is 5.91 Å². The normalized spacial score (nSPS) is 12.6. The van der Waals surface area contributed by atoms with Crippen LogP contribution in [0.25, 0.3) is 0 Å². The van der Waals surface area contributed by atoms with Gasteiger partial charge < -0.3 is 10.4 Å². The topological polar surface area (TPSA) is 75.1 Å². The van der Waals surface area contributed by atoms with Gasteiger partial charge in [0.05, 0.1) is 23.9 Å². The van der Waals surface area contributed by atoms with Crippen molar-refractivity contribution < 1.29 is 9.90 Å². The van der Waals surface area contributed by atoms with E-state index in [1.54, 1.807) is 0 Å². The van der Waals surface area contributed by atoms with Crippen LogP contribution in [0.5, 0.6) is 0 Å².